The number of rotatable bonds is 16. The molecule has 1 amide bonds. The molecule has 0 aromatic heterocycles. The molecule has 0 atom stereocenters. The van der Waals surface area contributed by atoms with E-state index in [1.807, 2.05) is 27.8 Å². The van der Waals surface area contributed by atoms with Crippen LogP contribution in [-0.2, 0) is 14.2 Å². The fraction of sp³-hybridized carbons (Fsp3) is 0.786. The quantitative estimate of drug-likeness (QED) is 0.0808. The number of nitrogens with zero attached hydrogens (tertiary/aromatic N) is 4. The van der Waals surface area contributed by atoms with E-state index in [0.29, 0.717) is 33.0 Å². The molecule has 1 N–H and O–H groups in total. The van der Waals surface area contributed by atoms with Crippen molar-refractivity contribution in [3.63, 3.8) is 0 Å². The predicted molar refractivity (Wildman–Crippen MR) is 168 cm³/mol. The van der Waals surface area contributed by atoms with Crippen LogP contribution in [0.25, 0.3) is 0 Å². The number of ether oxygens (including phenoxy) is 3. The van der Waals surface area contributed by atoms with Gasteiger partial charge < -0.3 is 24.4 Å². The maximum atomic E-state index is 13.0. The SMILES string of the molecule is C=NN(COCC[Si](C)(C)C)C(=C)C(C)(C)N(COCC[Si](C)(C)C)C1=C(NC)CN(C(=O)OC(C)(C)C)C1. The second-order valence-electron chi connectivity index (χ2n) is 14.2. The average molecular weight is 584 g/mol. The average Bonchev–Trinajstić information content (AvgIpc) is 3.20. The lowest BCUT2D eigenvalue weighted by Crippen LogP contribution is -2.51. The topological polar surface area (TPSA) is 78.9 Å². The first-order valence-electron chi connectivity index (χ1n) is 14.0. The summed E-state index contributed by atoms with van der Waals surface area (Å²) in [5.74, 6) is 0. The van der Waals surface area contributed by atoms with Gasteiger partial charge in [0.25, 0.3) is 0 Å². The van der Waals surface area contributed by atoms with Gasteiger partial charge in [0.1, 0.15) is 19.1 Å². The Morgan fingerprint density at radius 2 is 1.49 bits per heavy atom. The third kappa shape index (κ3) is 12.1. The van der Waals surface area contributed by atoms with Crippen molar-refractivity contribution in [3.05, 3.63) is 23.7 Å². The third-order valence-corrected chi connectivity index (χ3v) is 10.0. The molecular weight excluding hydrogens is 527 g/mol. The van der Waals surface area contributed by atoms with E-state index in [0.717, 1.165) is 29.2 Å². The van der Waals surface area contributed by atoms with Crippen LogP contribution in [0.1, 0.15) is 34.6 Å². The molecule has 0 saturated carbocycles. The lowest BCUT2D eigenvalue weighted by atomic mass is 9.97. The van der Waals surface area contributed by atoms with Crippen molar-refractivity contribution in [2.45, 2.75) is 97.1 Å². The van der Waals surface area contributed by atoms with Gasteiger partial charge in [0.2, 0.25) is 0 Å². The summed E-state index contributed by atoms with van der Waals surface area (Å²) in [6.45, 7) is 34.8. The molecule has 0 aromatic rings. The van der Waals surface area contributed by atoms with E-state index in [9.17, 15) is 4.79 Å². The van der Waals surface area contributed by atoms with Gasteiger partial charge in [-0.3, -0.25) is 4.90 Å². The molecule has 226 valence electrons. The lowest BCUT2D eigenvalue weighted by Gasteiger charge is -2.44. The Bertz CT molecular complexity index is 873. The smallest absolute Gasteiger partial charge is 0.410 e. The van der Waals surface area contributed by atoms with Crippen LogP contribution >= 0.6 is 0 Å². The molecule has 1 rings (SSSR count). The number of hydrogen-bond acceptors (Lipinski definition) is 8. The van der Waals surface area contributed by atoms with E-state index < -0.39 is 27.3 Å². The van der Waals surface area contributed by atoms with Gasteiger partial charge in [0, 0.05) is 43.1 Å². The number of hydrazone groups is 1. The highest BCUT2D eigenvalue weighted by molar-refractivity contribution is 6.76. The van der Waals surface area contributed by atoms with Gasteiger partial charge in [-0.2, -0.15) is 5.10 Å². The van der Waals surface area contributed by atoms with Crippen LogP contribution in [0.15, 0.2) is 28.8 Å². The molecule has 0 fully saturated rings. The highest BCUT2D eigenvalue weighted by atomic mass is 28.3. The molecule has 39 heavy (non-hydrogen) atoms. The maximum absolute atomic E-state index is 13.0. The Kier molecular flexibility index (Phi) is 12.8. The summed E-state index contributed by atoms with van der Waals surface area (Å²) in [5, 5.41) is 9.27. The molecule has 0 saturated heterocycles. The van der Waals surface area contributed by atoms with Crippen molar-refractivity contribution in [2.24, 2.45) is 5.10 Å². The van der Waals surface area contributed by atoms with Gasteiger partial charge in [0.15, 0.2) is 0 Å². The van der Waals surface area contributed by atoms with Crippen LogP contribution in [0, 0.1) is 0 Å². The van der Waals surface area contributed by atoms with Crippen molar-refractivity contribution in [1.82, 2.24) is 20.1 Å². The minimum absolute atomic E-state index is 0.280. The molecule has 1 heterocycles. The zero-order chi connectivity index (χ0) is 30.2. The number of amides is 1. The molecule has 1 aliphatic heterocycles. The summed E-state index contributed by atoms with van der Waals surface area (Å²) >= 11 is 0. The first kappa shape index (κ1) is 35.2. The number of carbonyl (C=O) groups excluding carboxylic acids is 1. The first-order chi connectivity index (χ1) is 17.7. The Morgan fingerprint density at radius 3 is 1.92 bits per heavy atom. The Hall–Kier alpha value is -1.83. The van der Waals surface area contributed by atoms with E-state index in [2.05, 4.69) is 81.7 Å². The molecule has 0 bridgehead atoms. The monoisotopic (exact) mass is 583 g/mol. The molecule has 0 unspecified atom stereocenters. The normalized spacial score (nSPS) is 14.9. The second-order valence-corrected chi connectivity index (χ2v) is 25.4. The van der Waals surface area contributed by atoms with Gasteiger partial charge in [-0.1, -0.05) is 45.9 Å². The van der Waals surface area contributed by atoms with E-state index in [4.69, 9.17) is 14.2 Å². The van der Waals surface area contributed by atoms with Crippen LogP contribution in [0.3, 0.4) is 0 Å². The highest BCUT2D eigenvalue weighted by Crippen LogP contribution is 2.33. The van der Waals surface area contributed by atoms with Crippen LogP contribution in [-0.4, -0.2) is 102 Å². The van der Waals surface area contributed by atoms with Crippen molar-refractivity contribution < 1.29 is 19.0 Å². The highest BCUT2D eigenvalue weighted by Gasteiger charge is 2.40. The zero-order valence-corrected chi connectivity index (χ0v) is 29.0. The van der Waals surface area contributed by atoms with Crippen molar-refractivity contribution in [1.29, 1.82) is 0 Å². The first-order valence-corrected chi connectivity index (χ1v) is 21.4. The zero-order valence-electron chi connectivity index (χ0n) is 27.0. The number of likely N-dealkylation sites (N-methyl/N-ethyl adjacent to an activating group) is 1. The predicted octanol–water partition coefficient (Wildman–Crippen LogP) is 5.80. The number of hydrogen-bond donors (Lipinski definition) is 1. The molecule has 0 spiro atoms. The van der Waals surface area contributed by atoms with E-state index >= 15 is 0 Å². The number of carbonyl (C=O) groups is 1. The Balaban J connectivity index is 3.21. The molecule has 0 radical (unpaired) electrons. The van der Waals surface area contributed by atoms with E-state index in [1.165, 1.54) is 0 Å². The summed E-state index contributed by atoms with van der Waals surface area (Å²) in [6, 6.07) is 2.14. The molecular formula is C28H57N5O4Si2. The fourth-order valence-electron chi connectivity index (χ4n) is 3.86. The van der Waals surface area contributed by atoms with Gasteiger partial charge in [0.05, 0.1) is 35.7 Å². The Labute approximate surface area is 240 Å². The van der Waals surface area contributed by atoms with Gasteiger partial charge >= 0.3 is 6.09 Å². The minimum Gasteiger partial charge on any atom is -0.444 e. The molecule has 0 aliphatic carbocycles. The third-order valence-electron chi connectivity index (χ3n) is 6.61. The standard InChI is InChI=1S/C28H57N5O4Si2/c1-23(33(30-8)22-36-16-18-39(12,13)14)28(5,6)32(21-35-15-17-38(9,10)11)25-20-31(19-24(25)29-7)26(34)37-27(2,3)4/h29H,1,8,15-22H2,2-7,9-14H3. The van der Waals surface area contributed by atoms with Crippen molar-refractivity contribution in [2.75, 3.05) is 46.8 Å². The lowest BCUT2D eigenvalue weighted by molar-refractivity contribution is -0.0108. The summed E-state index contributed by atoms with van der Waals surface area (Å²) in [7, 11) is -0.578. The molecule has 0 aromatic carbocycles. The van der Waals surface area contributed by atoms with Crippen LogP contribution in [0.5, 0.6) is 0 Å². The van der Waals surface area contributed by atoms with Crippen LogP contribution in [0.2, 0.25) is 51.4 Å². The fourth-order valence-corrected chi connectivity index (χ4v) is 5.37. The van der Waals surface area contributed by atoms with Crippen LogP contribution in [0.4, 0.5) is 4.79 Å². The maximum Gasteiger partial charge on any atom is 0.410 e. The van der Waals surface area contributed by atoms with Crippen molar-refractivity contribution >= 4 is 29.0 Å². The van der Waals surface area contributed by atoms with Crippen LogP contribution < -0.4 is 5.32 Å². The minimum atomic E-state index is -1.25. The number of nitrogens with one attached hydrogen (secondary N) is 1. The molecule has 1 aliphatic rings. The van der Waals surface area contributed by atoms with E-state index in [-0.39, 0.29) is 12.8 Å². The Morgan fingerprint density at radius 1 is 0.974 bits per heavy atom. The van der Waals surface area contributed by atoms with Gasteiger partial charge in [-0.05, 0) is 46.7 Å². The summed E-state index contributed by atoms with van der Waals surface area (Å²) in [5.41, 5.74) is 1.45. The van der Waals surface area contributed by atoms with Crippen molar-refractivity contribution in [3.8, 4) is 0 Å². The molecule has 9 nitrogen and oxygen atoms in total. The van der Waals surface area contributed by atoms with Gasteiger partial charge in [-0.25, -0.2) is 9.80 Å². The molecule has 11 heteroatoms. The van der Waals surface area contributed by atoms with Gasteiger partial charge in [-0.15, -0.1) is 0 Å². The largest absolute Gasteiger partial charge is 0.444 e. The summed E-state index contributed by atoms with van der Waals surface area (Å²) in [4.78, 5) is 16.8. The summed E-state index contributed by atoms with van der Waals surface area (Å²) < 4.78 is 17.9. The van der Waals surface area contributed by atoms with E-state index in [1.54, 1.807) is 9.91 Å². The summed E-state index contributed by atoms with van der Waals surface area (Å²) in [6.07, 6.45) is -0.341. The second kappa shape index (κ2) is 14.2.